The summed E-state index contributed by atoms with van der Waals surface area (Å²) < 4.78 is 0.879. The molecule has 7 heteroatoms. The highest BCUT2D eigenvalue weighted by atomic mass is 79.9. The SMILES string of the molecule is Cc1cc(Br)ccc1NC(=O)N[C@H](CO)C(=O)O. The Hall–Kier alpha value is -1.60. The van der Waals surface area contributed by atoms with Gasteiger partial charge in [0.05, 0.1) is 6.61 Å². The largest absolute Gasteiger partial charge is 0.480 e. The van der Waals surface area contributed by atoms with E-state index in [-0.39, 0.29) is 0 Å². The van der Waals surface area contributed by atoms with Crippen LogP contribution in [-0.4, -0.2) is 34.9 Å². The Morgan fingerprint density at radius 3 is 2.61 bits per heavy atom. The highest BCUT2D eigenvalue weighted by molar-refractivity contribution is 9.10. The first-order chi connectivity index (χ1) is 8.43. The van der Waals surface area contributed by atoms with E-state index in [1.54, 1.807) is 19.1 Å². The molecule has 1 atom stereocenters. The number of rotatable bonds is 4. The molecule has 0 aliphatic rings. The van der Waals surface area contributed by atoms with E-state index in [1.807, 2.05) is 6.07 Å². The van der Waals surface area contributed by atoms with Gasteiger partial charge in [-0.25, -0.2) is 9.59 Å². The smallest absolute Gasteiger partial charge is 0.328 e. The number of aliphatic carboxylic acids is 1. The molecule has 0 radical (unpaired) electrons. The third-order valence-corrected chi connectivity index (χ3v) is 2.72. The van der Waals surface area contributed by atoms with Crippen LogP contribution in [-0.2, 0) is 4.79 Å². The molecular formula is C11H13BrN2O4. The van der Waals surface area contributed by atoms with Crippen LogP contribution in [0.3, 0.4) is 0 Å². The fourth-order valence-corrected chi connectivity index (χ4v) is 1.74. The normalized spacial score (nSPS) is 11.7. The maximum absolute atomic E-state index is 11.5. The van der Waals surface area contributed by atoms with Gasteiger partial charge in [0, 0.05) is 10.2 Å². The summed E-state index contributed by atoms with van der Waals surface area (Å²) in [7, 11) is 0. The number of aliphatic hydroxyl groups excluding tert-OH is 1. The predicted molar refractivity (Wildman–Crippen MR) is 69.5 cm³/mol. The summed E-state index contributed by atoms with van der Waals surface area (Å²) in [6, 6.07) is 3.26. The summed E-state index contributed by atoms with van der Waals surface area (Å²) in [6.07, 6.45) is 0. The van der Waals surface area contributed by atoms with Gasteiger partial charge in [-0.15, -0.1) is 0 Å². The van der Waals surface area contributed by atoms with Crippen LogP contribution in [0.1, 0.15) is 5.56 Å². The summed E-state index contributed by atoms with van der Waals surface area (Å²) in [6.45, 7) is 1.14. The van der Waals surface area contributed by atoms with Gasteiger partial charge >= 0.3 is 12.0 Å². The number of hydrogen-bond donors (Lipinski definition) is 4. The minimum atomic E-state index is -1.32. The first kappa shape index (κ1) is 14.5. The third kappa shape index (κ3) is 4.01. The minimum Gasteiger partial charge on any atom is -0.480 e. The summed E-state index contributed by atoms with van der Waals surface area (Å²) in [5.41, 5.74) is 1.40. The number of urea groups is 1. The van der Waals surface area contributed by atoms with Crippen LogP contribution < -0.4 is 10.6 Å². The van der Waals surface area contributed by atoms with Crippen LogP contribution in [0.15, 0.2) is 22.7 Å². The molecule has 0 saturated heterocycles. The number of anilines is 1. The van der Waals surface area contributed by atoms with Crippen molar-refractivity contribution < 1.29 is 19.8 Å². The molecule has 0 unspecified atom stereocenters. The van der Waals surface area contributed by atoms with E-state index in [1.165, 1.54) is 0 Å². The van der Waals surface area contributed by atoms with Gasteiger partial charge in [-0.2, -0.15) is 0 Å². The van der Waals surface area contributed by atoms with Crippen molar-refractivity contribution in [1.82, 2.24) is 5.32 Å². The van der Waals surface area contributed by atoms with Gasteiger partial charge in [0.1, 0.15) is 0 Å². The molecule has 98 valence electrons. The summed E-state index contributed by atoms with van der Waals surface area (Å²) in [5.74, 6) is -1.29. The Labute approximate surface area is 112 Å². The van der Waals surface area contributed by atoms with Gasteiger partial charge in [0.2, 0.25) is 0 Å². The number of benzene rings is 1. The zero-order chi connectivity index (χ0) is 13.7. The molecule has 1 aromatic rings. The Morgan fingerprint density at radius 2 is 2.11 bits per heavy atom. The van der Waals surface area contributed by atoms with Crippen molar-refractivity contribution in [1.29, 1.82) is 0 Å². The fourth-order valence-electron chi connectivity index (χ4n) is 1.27. The lowest BCUT2D eigenvalue weighted by atomic mass is 10.2. The number of carbonyl (C=O) groups is 2. The van der Waals surface area contributed by atoms with Crippen molar-refractivity contribution in [3.63, 3.8) is 0 Å². The van der Waals surface area contributed by atoms with E-state index in [0.29, 0.717) is 5.69 Å². The van der Waals surface area contributed by atoms with Gasteiger partial charge in [0.15, 0.2) is 6.04 Å². The molecule has 0 spiro atoms. The Balaban J connectivity index is 2.67. The van der Waals surface area contributed by atoms with E-state index < -0.39 is 24.6 Å². The molecule has 0 bridgehead atoms. The van der Waals surface area contributed by atoms with Gasteiger partial charge in [-0.1, -0.05) is 15.9 Å². The lowest BCUT2D eigenvalue weighted by Crippen LogP contribution is -2.45. The highest BCUT2D eigenvalue weighted by Gasteiger charge is 2.18. The summed E-state index contributed by atoms with van der Waals surface area (Å²) >= 11 is 3.29. The molecule has 0 heterocycles. The molecule has 6 nitrogen and oxygen atoms in total. The highest BCUT2D eigenvalue weighted by Crippen LogP contribution is 2.19. The van der Waals surface area contributed by atoms with Crippen molar-refractivity contribution in [3.05, 3.63) is 28.2 Å². The number of amides is 2. The minimum absolute atomic E-state index is 0.567. The van der Waals surface area contributed by atoms with Crippen LogP contribution in [0.2, 0.25) is 0 Å². The topological polar surface area (TPSA) is 98.7 Å². The molecule has 0 saturated carbocycles. The number of hydrogen-bond acceptors (Lipinski definition) is 3. The van der Waals surface area contributed by atoms with E-state index >= 15 is 0 Å². The maximum Gasteiger partial charge on any atom is 0.328 e. The molecule has 0 aliphatic carbocycles. The quantitative estimate of drug-likeness (QED) is 0.673. The predicted octanol–water partition coefficient (Wildman–Crippen LogP) is 1.32. The van der Waals surface area contributed by atoms with Crippen molar-refractivity contribution in [2.45, 2.75) is 13.0 Å². The molecule has 0 aliphatic heterocycles. The standard InChI is InChI=1S/C11H13BrN2O4/c1-6-4-7(12)2-3-8(6)13-11(18)14-9(5-15)10(16)17/h2-4,9,15H,5H2,1H3,(H,16,17)(H2,13,14,18)/t9-/m1/s1. The van der Waals surface area contributed by atoms with Gasteiger partial charge in [-0.3, -0.25) is 0 Å². The Morgan fingerprint density at radius 1 is 1.44 bits per heavy atom. The van der Waals surface area contributed by atoms with Gasteiger partial charge < -0.3 is 20.8 Å². The Kier molecular flexibility index (Phi) is 5.11. The number of carbonyl (C=O) groups excluding carboxylic acids is 1. The van der Waals surface area contributed by atoms with Crippen LogP contribution in [0.25, 0.3) is 0 Å². The van der Waals surface area contributed by atoms with E-state index in [2.05, 4.69) is 26.6 Å². The second kappa shape index (κ2) is 6.36. The number of halogens is 1. The molecule has 0 aromatic heterocycles. The lowest BCUT2D eigenvalue weighted by molar-refractivity contribution is -0.140. The third-order valence-electron chi connectivity index (χ3n) is 2.22. The van der Waals surface area contributed by atoms with Crippen molar-refractivity contribution in [2.24, 2.45) is 0 Å². The van der Waals surface area contributed by atoms with Crippen molar-refractivity contribution >= 4 is 33.6 Å². The number of aryl methyl sites for hydroxylation is 1. The van der Waals surface area contributed by atoms with Crippen molar-refractivity contribution in [3.8, 4) is 0 Å². The molecular weight excluding hydrogens is 304 g/mol. The monoisotopic (exact) mass is 316 g/mol. The second-order valence-corrected chi connectivity index (χ2v) is 4.55. The fraction of sp³-hybridized carbons (Fsp3) is 0.273. The number of nitrogens with one attached hydrogen (secondary N) is 2. The molecule has 4 N–H and O–H groups in total. The van der Waals surface area contributed by atoms with E-state index in [0.717, 1.165) is 10.0 Å². The van der Waals surface area contributed by atoms with Crippen molar-refractivity contribution in [2.75, 3.05) is 11.9 Å². The van der Waals surface area contributed by atoms with Crippen LogP contribution in [0, 0.1) is 6.92 Å². The van der Waals surface area contributed by atoms with Crippen LogP contribution in [0.4, 0.5) is 10.5 Å². The molecule has 18 heavy (non-hydrogen) atoms. The molecule has 2 amide bonds. The zero-order valence-electron chi connectivity index (χ0n) is 9.61. The average Bonchev–Trinajstić information content (AvgIpc) is 2.29. The first-order valence-electron chi connectivity index (χ1n) is 5.11. The number of carboxylic acids is 1. The molecule has 1 aromatic carbocycles. The van der Waals surface area contributed by atoms with E-state index in [9.17, 15) is 9.59 Å². The van der Waals surface area contributed by atoms with E-state index in [4.69, 9.17) is 10.2 Å². The number of aliphatic hydroxyl groups is 1. The average molecular weight is 317 g/mol. The van der Waals surface area contributed by atoms with Crippen LogP contribution in [0.5, 0.6) is 0 Å². The Bertz CT molecular complexity index is 464. The van der Waals surface area contributed by atoms with Crippen LogP contribution >= 0.6 is 15.9 Å². The molecule has 0 fully saturated rings. The van der Waals surface area contributed by atoms with Gasteiger partial charge in [0.25, 0.3) is 0 Å². The van der Waals surface area contributed by atoms with Gasteiger partial charge in [-0.05, 0) is 30.7 Å². The summed E-state index contributed by atoms with van der Waals surface area (Å²) in [4.78, 5) is 22.1. The maximum atomic E-state index is 11.5. The molecule has 1 rings (SSSR count). The number of carboxylic acid groups (broad SMARTS) is 1. The zero-order valence-corrected chi connectivity index (χ0v) is 11.2. The summed E-state index contributed by atoms with van der Waals surface area (Å²) in [5, 5.41) is 22.1. The lowest BCUT2D eigenvalue weighted by Gasteiger charge is -2.13. The first-order valence-corrected chi connectivity index (χ1v) is 5.90. The second-order valence-electron chi connectivity index (χ2n) is 3.63.